The highest BCUT2D eigenvalue weighted by molar-refractivity contribution is 6.14. The van der Waals surface area contributed by atoms with Crippen LogP contribution in [0, 0.1) is 6.92 Å². The lowest BCUT2D eigenvalue weighted by molar-refractivity contribution is 0.660. The van der Waals surface area contributed by atoms with E-state index in [1.54, 1.807) is 0 Å². The Bertz CT molecular complexity index is 2810. The summed E-state index contributed by atoms with van der Waals surface area (Å²) in [6.45, 7) is 6.89. The van der Waals surface area contributed by atoms with Crippen molar-refractivity contribution in [1.82, 2.24) is 10.3 Å². The molecule has 3 aliphatic rings. The number of nitrogens with one attached hydrogen (secondary N) is 1. The average molecular weight is 737 g/mol. The molecular formula is C53H44N4. The van der Waals surface area contributed by atoms with Crippen LogP contribution in [-0.4, -0.2) is 16.7 Å². The first-order valence-electron chi connectivity index (χ1n) is 20.1. The van der Waals surface area contributed by atoms with E-state index in [1.807, 2.05) is 18.3 Å². The molecule has 10 rings (SSSR count). The van der Waals surface area contributed by atoms with Crippen molar-refractivity contribution in [2.75, 3.05) is 0 Å². The summed E-state index contributed by atoms with van der Waals surface area (Å²) in [7, 11) is 0. The normalized spacial score (nSPS) is 16.8. The van der Waals surface area contributed by atoms with E-state index in [4.69, 9.17) is 15.0 Å². The maximum atomic E-state index is 5.32. The van der Waals surface area contributed by atoms with Crippen LogP contribution in [0.5, 0.6) is 0 Å². The Morgan fingerprint density at radius 3 is 2.23 bits per heavy atom. The smallest absolute Gasteiger partial charge is 0.159 e. The molecule has 0 saturated carbocycles. The number of fused-ring (bicyclic) bond motifs is 4. The van der Waals surface area contributed by atoms with Gasteiger partial charge in [-0.1, -0.05) is 147 Å². The first-order chi connectivity index (χ1) is 27.9. The van der Waals surface area contributed by atoms with Gasteiger partial charge < -0.3 is 5.32 Å². The van der Waals surface area contributed by atoms with Crippen molar-refractivity contribution in [2.45, 2.75) is 51.6 Å². The summed E-state index contributed by atoms with van der Waals surface area (Å²) in [5.41, 5.74) is 17.7. The molecule has 276 valence electrons. The first kappa shape index (κ1) is 34.8. The number of pyridine rings is 1. The van der Waals surface area contributed by atoms with Gasteiger partial charge in [-0.15, -0.1) is 0 Å². The number of benzene rings is 6. The molecule has 4 nitrogen and oxygen atoms in total. The number of hydrogen-bond donors (Lipinski definition) is 1. The summed E-state index contributed by atoms with van der Waals surface area (Å²) in [4.78, 5) is 15.4. The minimum atomic E-state index is -0.308. The molecule has 1 aromatic heterocycles. The second-order valence-electron chi connectivity index (χ2n) is 16.1. The quantitative estimate of drug-likeness (QED) is 0.185. The summed E-state index contributed by atoms with van der Waals surface area (Å²) >= 11 is 0. The molecule has 1 aliphatic heterocycles. The molecule has 0 bridgehead atoms. The lowest BCUT2D eigenvalue weighted by atomic mass is 9.81. The van der Waals surface area contributed by atoms with Crippen LogP contribution in [0.3, 0.4) is 0 Å². The van der Waals surface area contributed by atoms with E-state index < -0.39 is 0 Å². The molecule has 1 unspecified atom stereocenters. The van der Waals surface area contributed by atoms with Crippen LogP contribution in [-0.2, 0) is 5.41 Å². The molecule has 0 radical (unpaired) electrons. The number of hydrogen-bond acceptors (Lipinski definition) is 4. The largest absolute Gasteiger partial charge is 0.344 e. The molecule has 0 amide bonds. The summed E-state index contributed by atoms with van der Waals surface area (Å²) in [6.07, 6.45) is 11.6. The second kappa shape index (κ2) is 14.1. The fourth-order valence-corrected chi connectivity index (χ4v) is 8.83. The van der Waals surface area contributed by atoms with Gasteiger partial charge in [-0.3, -0.25) is 4.98 Å². The van der Waals surface area contributed by atoms with Gasteiger partial charge in [-0.05, 0) is 112 Å². The Balaban J connectivity index is 1.12. The van der Waals surface area contributed by atoms with Gasteiger partial charge in [0.05, 0.1) is 5.52 Å². The van der Waals surface area contributed by atoms with Crippen LogP contribution >= 0.6 is 0 Å². The van der Waals surface area contributed by atoms with Gasteiger partial charge in [0.15, 0.2) is 5.84 Å². The van der Waals surface area contributed by atoms with Crippen LogP contribution in [0.25, 0.3) is 49.9 Å². The lowest BCUT2D eigenvalue weighted by Crippen LogP contribution is -2.33. The predicted octanol–water partition coefficient (Wildman–Crippen LogP) is 12.8. The minimum absolute atomic E-state index is 0.116. The SMILES string of the molecule is Cc1ccc2c(c1)C(C)(C)c1cc(-c3cc(C4=NC(c5ccc(C6=CC=CCCC6)cc5)=NC(c5ccccc5)N4)cc(-c4cccc5cccnc45)c3)ccc1-2. The van der Waals surface area contributed by atoms with Crippen LogP contribution in [0.15, 0.2) is 174 Å². The van der Waals surface area contributed by atoms with Crippen LogP contribution in [0.2, 0.25) is 0 Å². The van der Waals surface area contributed by atoms with Crippen LogP contribution < -0.4 is 5.32 Å². The molecule has 7 aromatic rings. The third-order valence-electron chi connectivity index (χ3n) is 11.9. The Morgan fingerprint density at radius 1 is 0.632 bits per heavy atom. The summed E-state index contributed by atoms with van der Waals surface area (Å²) in [5.74, 6) is 1.50. The van der Waals surface area contributed by atoms with Crippen molar-refractivity contribution in [3.63, 3.8) is 0 Å². The summed E-state index contributed by atoms with van der Waals surface area (Å²) in [6, 6.07) is 50.6. The van der Waals surface area contributed by atoms with Crippen LogP contribution in [0.1, 0.15) is 78.2 Å². The molecule has 2 aliphatic carbocycles. The van der Waals surface area contributed by atoms with E-state index in [9.17, 15) is 0 Å². The number of aromatic nitrogens is 1. The molecule has 57 heavy (non-hydrogen) atoms. The zero-order valence-corrected chi connectivity index (χ0v) is 32.6. The second-order valence-corrected chi connectivity index (χ2v) is 16.1. The van der Waals surface area contributed by atoms with Gasteiger partial charge >= 0.3 is 0 Å². The zero-order valence-electron chi connectivity index (χ0n) is 32.6. The van der Waals surface area contributed by atoms with Crippen molar-refractivity contribution in [3.05, 3.63) is 203 Å². The topological polar surface area (TPSA) is 49.6 Å². The Hall–Kier alpha value is -6.65. The van der Waals surface area contributed by atoms with E-state index in [-0.39, 0.29) is 11.6 Å². The molecule has 0 saturated heterocycles. The highest BCUT2D eigenvalue weighted by Crippen LogP contribution is 2.50. The Kier molecular flexibility index (Phi) is 8.63. The molecule has 6 aromatic carbocycles. The molecule has 0 spiro atoms. The van der Waals surface area contributed by atoms with E-state index in [2.05, 4.69) is 172 Å². The van der Waals surface area contributed by atoms with E-state index in [0.29, 0.717) is 5.84 Å². The van der Waals surface area contributed by atoms with Crippen molar-refractivity contribution in [2.24, 2.45) is 9.98 Å². The number of rotatable bonds is 6. The van der Waals surface area contributed by atoms with E-state index in [0.717, 1.165) is 63.0 Å². The maximum Gasteiger partial charge on any atom is 0.159 e. The minimum Gasteiger partial charge on any atom is -0.344 e. The van der Waals surface area contributed by atoms with Gasteiger partial charge in [0.25, 0.3) is 0 Å². The van der Waals surface area contributed by atoms with E-state index >= 15 is 0 Å². The Labute approximate surface area is 335 Å². The Morgan fingerprint density at radius 2 is 1.37 bits per heavy atom. The maximum absolute atomic E-state index is 5.32. The lowest BCUT2D eigenvalue weighted by Gasteiger charge is -2.25. The highest BCUT2D eigenvalue weighted by atomic mass is 15.2. The van der Waals surface area contributed by atoms with Crippen molar-refractivity contribution >= 4 is 28.1 Å². The average Bonchev–Trinajstić information content (AvgIpc) is 3.42. The van der Waals surface area contributed by atoms with Crippen molar-refractivity contribution < 1.29 is 0 Å². The van der Waals surface area contributed by atoms with E-state index in [1.165, 1.54) is 50.9 Å². The fourth-order valence-electron chi connectivity index (χ4n) is 8.83. The van der Waals surface area contributed by atoms with Crippen LogP contribution in [0.4, 0.5) is 0 Å². The third-order valence-corrected chi connectivity index (χ3v) is 11.9. The van der Waals surface area contributed by atoms with Gasteiger partial charge in [0.2, 0.25) is 0 Å². The summed E-state index contributed by atoms with van der Waals surface area (Å²) in [5, 5.41) is 4.86. The highest BCUT2D eigenvalue weighted by Gasteiger charge is 2.35. The standard InChI is InChI=1S/C53H44N4/c1-34-20-26-45-46-27-25-40(33-48(46)53(2,3)47(45)29-34)41-30-42(44-19-11-17-37-18-12-28-54-49(37)44)32-43(31-41)52-56-50(38-15-9-6-10-16-38)55-51(57-52)39-23-21-36(22-24-39)35-13-7-4-5-8-14-35/h4,6-7,9-13,15-33,50H,5,8,14H2,1-3H3,(H,55,56,57). The molecule has 4 heteroatoms. The number of aliphatic imine (C=N–C) groups is 2. The van der Waals surface area contributed by atoms with Gasteiger partial charge in [-0.2, -0.15) is 0 Å². The summed E-state index contributed by atoms with van der Waals surface area (Å²) < 4.78 is 0. The molecule has 1 N–H and O–H groups in total. The molecule has 2 heterocycles. The number of nitrogens with zero attached hydrogens (tertiary/aromatic N) is 3. The van der Waals surface area contributed by atoms with Gasteiger partial charge in [-0.25, -0.2) is 9.98 Å². The molecular weight excluding hydrogens is 693 g/mol. The van der Waals surface area contributed by atoms with Gasteiger partial charge in [0, 0.05) is 33.7 Å². The zero-order chi connectivity index (χ0) is 38.5. The first-order valence-corrected chi connectivity index (χ1v) is 20.1. The molecule has 0 fully saturated rings. The monoisotopic (exact) mass is 736 g/mol. The number of para-hydroxylation sites is 1. The number of allylic oxidation sites excluding steroid dienone is 4. The van der Waals surface area contributed by atoms with Gasteiger partial charge in [0.1, 0.15) is 12.0 Å². The number of aryl methyl sites for hydroxylation is 1. The van der Waals surface area contributed by atoms with Crippen molar-refractivity contribution in [1.29, 1.82) is 0 Å². The van der Waals surface area contributed by atoms with Crippen molar-refractivity contribution in [3.8, 4) is 33.4 Å². The predicted molar refractivity (Wildman–Crippen MR) is 238 cm³/mol. The number of amidine groups is 2. The third kappa shape index (κ3) is 6.41. The molecule has 1 atom stereocenters. The fraction of sp³-hybridized carbons (Fsp3) is 0.151.